The van der Waals surface area contributed by atoms with Crippen LogP contribution >= 0.6 is 0 Å². The second-order valence-electron chi connectivity index (χ2n) is 3.56. The minimum absolute atomic E-state index is 0.0643. The van der Waals surface area contributed by atoms with Crippen LogP contribution in [0.5, 0.6) is 11.5 Å². The summed E-state index contributed by atoms with van der Waals surface area (Å²) in [6, 6.07) is 2.99. The van der Waals surface area contributed by atoms with Crippen LogP contribution in [0.4, 0.5) is 4.39 Å². The van der Waals surface area contributed by atoms with E-state index < -0.39 is 11.8 Å². The highest BCUT2D eigenvalue weighted by atomic mass is 19.1. The second-order valence-corrected chi connectivity index (χ2v) is 3.56. The van der Waals surface area contributed by atoms with Crippen LogP contribution < -0.4 is 9.47 Å². The van der Waals surface area contributed by atoms with E-state index in [2.05, 4.69) is 0 Å². The summed E-state index contributed by atoms with van der Waals surface area (Å²) in [4.78, 5) is 10.4. The van der Waals surface area contributed by atoms with Gasteiger partial charge in [-0.05, 0) is 30.5 Å². The Morgan fingerprint density at radius 2 is 2.06 bits per heavy atom. The molecule has 0 saturated heterocycles. The average Bonchev–Trinajstić information content (AvgIpc) is 2.27. The Bertz CT molecular complexity index is 404. The summed E-state index contributed by atoms with van der Waals surface area (Å²) in [6.07, 6.45) is 1.02. The van der Waals surface area contributed by atoms with E-state index in [1.54, 1.807) is 6.07 Å². The van der Waals surface area contributed by atoms with Crippen molar-refractivity contribution in [3.63, 3.8) is 0 Å². The van der Waals surface area contributed by atoms with Gasteiger partial charge in [-0.1, -0.05) is 0 Å². The molecule has 5 heteroatoms. The van der Waals surface area contributed by atoms with Crippen molar-refractivity contribution in [2.45, 2.75) is 19.3 Å². The molecule has 0 atom stereocenters. The molecule has 4 nitrogen and oxygen atoms in total. The molecule has 0 amide bonds. The molecule has 0 radical (unpaired) electrons. The highest BCUT2D eigenvalue weighted by molar-refractivity contribution is 5.66. The molecule has 1 rings (SSSR count). The fourth-order valence-corrected chi connectivity index (χ4v) is 1.56. The van der Waals surface area contributed by atoms with Crippen molar-refractivity contribution < 1.29 is 23.8 Å². The summed E-state index contributed by atoms with van der Waals surface area (Å²) in [6.45, 7) is 0. The van der Waals surface area contributed by atoms with Gasteiger partial charge in [0.25, 0.3) is 0 Å². The lowest BCUT2D eigenvalue weighted by Gasteiger charge is -2.10. The first-order valence-corrected chi connectivity index (χ1v) is 5.20. The predicted octanol–water partition coefficient (Wildman–Crippen LogP) is 2.25. The molecule has 0 heterocycles. The summed E-state index contributed by atoms with van der Waals surface area (Å²) in [5, 5.41) is 8.51. The number of benzene rings is 1. The Morgan fingerprint density at radius 3 is 2.59 bits per heavy atom. The van der Waals surface area contributed by atoms with Crippen LogP contribution in [0.15, 0.2) is 12.1 Å². The number of aliphatic carboxylic acids is 1. The van der Waals surface area contributed by atoms with Crippen LogP contribution in [-0.4, -0.2) is 25.3 Å². The monoisotopic (exact) mass is 242 g/mol. The van der Waals surface area contributed by atoms with Gasteiger partial charge in [0.2, 0.25) is 0 Å². The molecule has 0 aliphatic heterocycles. The summed E-state index contributed by atoms with van der Waals surface area (Å²) >= 11 is 0. The number of carboxylic acids is 1. The first kappa shape index (κ1) is 13.3. The summed E-state index contributed by atoms with van der Waals surface area (Å²) in [5.74, 6) is -0.976. The molecule has 0 fully saturated rings. The van der Waals surface area contributed by atoms with E-state index in [1.807, 2.05) is 0 Å². The number of methoxy groups -OCH3 is 2. The van der Waals surface area contributed by atoms with Crippen LogP contribution in [-0.2, 0) is 11.2 Å². The van der Waals surface area contributed by atoms with E-state index in [0.717, 1.165) is 0 Å². The molecule has 1 N–H and O–H groups in total. The summed E-state index contributed by atoms with van der Waals surface area (Å²) < 4.78 is 23.4. The Kier molecular flexibility index (Phi) is 4.75. The molecule has 0 aliphatic rings. The fraction of sp³-hybridized carbons (Fsp3) is 0.417. The minimum atomic E-state index is -0.856. The third-order valence-corrected chi connectivity index (χ3v) is 2.35. The van der Waals surface area contributed by atoms with E-state index in [9.17, 15) is 9.18 Å². The van der Waals surface area contributed by atoms with Crippen molar-refractivity contribution in [1.82, 2.24) is 0 Å². The molecular formula is C12H15FO4. The van der Waals surface area contributed by atoms with Gasteiger partial charge in [0.05, 0.1) is 14.2 Å². The van der Waals surface area contributed by atoms with Crippen molar-refractivity contribution in [1.29, 1.82) is 0 Å². The number of halogens is 1. The van der Waals surface area contributed by atoms with Gasteiger partial charge >= 0.3 is 5.97 Å². The number of hydrogen-bond acceptors (Lipinski definition) is 3. The number of carboxylic acid groups (broad SMARTS) is 1. The second kappa shape index (κ2) is 6.08. The number of aryl methyl sites for hydroxylation is 1. The zero-order valence-electron chi connectivity index (χ0n) is 9.83. The molecular weight excluding hydrogens is 227 g/mol. The maximum atomic E-state index is 13.6. The Labute approximate surface area is 99.0 Å². The molecule has 0 unspecified atom stereocenters. The zero-order chi connectivity index (χ0) is 12.8. The molecule has 1 aromatic rings. The van der Waals surface area contributed by atoms with Crippen LogP contribution in [0, 0.1) is 5.82 Å². The van der Waals surface area contributed by atoms with Gasteiger partial charge in [0, 0.05) is 6.42 Å². The maximum absolute atomic E-state index is 13.6. The van der Waals surface area contributed by atoms with E-state index >= 15 is 0 Å². The topological polar surface area (TPSA) is 55.8 Å². The van der Waals surface area contributed by atoms with E-state index in [4.69, 9.17) is 14.6 Å². The lowest BCUT2D eigenvalue weighted by Crippen LogP contribution is -1.99. The third-order valence-electron chi connectivity index (χ3n) is 2.35. The van der Waals surface area contributed by atoms with Crippen molar-refractivity contribution in [3.05, 3.63) is 23.5 Å². The standard InChI is InChI=1S/C12H15FO4/c1-16-10-7-8(4-3-5-11(14)15)6-9(13)12(10)17-2/h6-7H,3-5H2,1-2H3,(H,14,15). The molecule has 17 heavy (non-hydrogen) atoms. The largest absolute Gasteiger partial charge is 0.493 e. The smallest absolute Gasteiger partial charge is 0.303 e. The average molecular weight is 242 g/mol. The Morgan fingerprint density at radius 1 is 1.35 bits per heavy atom. The van der Waals surface area contributed by atoms with E-state index in [0.29, 0.717) is 24.2 Å². The van der Waals surface area contributed by atoms with Gasteiger partial charge in [-0.25, -0.2) is 4.39 Å². The van der Waals surface area contributed by atoms with Crippen LogP contribution in [0.25, 0.3) is 0 Å². The first-order valence-electron chi connectivity index (χ1n) is 5.20. The van der Waals surface area contributed by atoms with Crippen LogP contribution in [0.1, 0.15) is 18.4 Å². The minimum Gasteiger partial charge on any atom is -0.493 e. The fourth-order valence-electron chi connectivity index (χ4n) is 1.56. The van der Waals surface area contributed by atoms with Gasteiger partial charge in [0.15, 0.2) is 17.3 Å². The maximum Gasteiger partial charge on any atom is 0.303 e. The normalized spacial score (nSPS) is 10.1. The van der Waals surface area contributed by atoms with Gasteiger partial charge in [-0.15, -0.1) is 0 Å². The molecule has 0 spiro atoms. The molecule has 94 valence electrons. The molecule has 0 aliphatic carbocycles. The molecule has 0 bridgehead atoms. The van der Waals surface area contributed by atoms with Gasteiger partial charge < -0.3 is 14.6 Å². The quantitative estimate of drug-likeness (QED) is 0.831. The number of hydrogen-bond donors (Lipinski definition) is 1. The Balaban J connectivity index is 2.80. The summed E-state index contributed by atoms with van der Waals surface area (Å²) in [7, 11) is 2.79. The summed E-state index contributed by atoms with van der Waals surface area (Å²) in [5.41, 5.74) is 0.696. The van der Waals surface area contributed by atoms with E-state index in [1.165, 1.54) is 20.3 Å². The van der Waals surface area contributed by atoms with Crippen LogP contribution in [0.3, 0.4) is 0 Å². The number of ether oxygens (including phenoxy) is 2. The van der Waals surface area contributed by atoms with Gasteiger partial charge in [-0.3, -0.25) is 4.79 Å². The van der Waals surface area contributed by atoms with Crippen molar-refractivity contribution in [3.8, 4) is 11.5 Å². The van der Waals surface area contributed by atoms with Crippen molar-refractivity contribution in [2.24, 2.45) is 0 Å². The molecule has 0 aromatic heterocycles. The highest BCUT2D eigenvalue weighted by Gasteiger charge is 2.12. The molecule has 1 aromatic carbocycles. The van der Waals surface area contributed by atoms with Gasteiger partial charge in [-0.2, -0.15) is 0 Å². The van der Waals surface area contributed by atoms with E-state index in [-0.39, 0.29) is 12.2 Å². The number of rotatable bonds is 6. The van der Waals surface area contributed by atoms with Crippen molar-refractivity contribution >= 4 is 5.97 Å². The third kappa shape index (κ3) is 3.62. The number of carbonyl (C=O) groups is 1. The predicted molar refractivity (Wildman–Crippen MR) is 60.1 cm³/mol. The first-order chi connectivity index (χ1) is 8.08. The van der Waals surface area contributed by atoms with Crippen LogP contribution in [0.2, 0.25) is 0 Å². The Hall–Kier alpha value is -1.78. The molecule has 0 saturated carbocycles. The lowest BCUT2D eigenvalue weighted by atomic mass is 10.1. The SMILES string of the molecule is COc1cc(CCCC(=O)O)cc(F)c1OC. The lowest BCUT2D eigenvalue weighted by molar-refractivity contribution is -0.137. The van der Waals surface area contributed by atoms with Crippen molar-refractivity contribution in [2.75, 3.05) is 14.2 Å². The van der Waals surface area contributed by atoms with Gasteiger partial charge in [0.1, 0.15) is 0 Å². The zero-order valence-corrected chi connectivity index (χ0v) is 9.83. The highest BCUT2D eigenvalue weighted by Crippen LogP contribution is 2.31.